The molecule has 134 valence electrons. The third-order valence-electron chi connectivity index (χ3n) is 4.37. The van der Waals surface area contributed by atoms with Gasteiger partial charge in [-0.1, -0.05) is 6.07 Å². The lowest BCUT2D eigenvalue weighted by Gasteiger charge is -2.24. The Morgan fingerprint density at radius 3 is 3.04 bits per heavy atom. The zero-order chi connectivity index (χ0) is 17.6. The summed E-state index contributed by atoms with van der Waals surface area (Å²) in [5, 5.41) is 3.29. The summed E-state index contributed by atoms with van der Waals surface area (Å²) in [6.45, 7) is 3.06. The van der Waals surface area contributed by atoms with Crippen molar-refractivity contribution in [3.8, 4) is 5.69 Å². The van der Waals surface area contributed by atoms with Crippen LogP contribution in [0.25, 0.3) is 5.69 Å². The van der Waals surface area contributed by atoms with Gasteiger partial charge < -0.3 is 19.5 Å². The Bertz CT molecular complexity index is 710. The van der Waals surface area contributed by atoms with Crippen LogP contribution in [0.2, 0.25) is 0 Å². The molecular formula is C18H24FN5O. The molecule has 0 spiro atoms. The molecule has 1 fully saturated rings. The first-order valence-corrected chi connectivity index (χ1v) is 8.43. The van der Waals surface area contributed by atoms with E-state index in [9.17, 15) is 4.39 Å². The van der Waals surface area contributed by atoms with Gasteiger partial charge in [0.25, 0.3) is 0 Å². The lowest BCUT2D eigenvalue weighted by molar-refractivity contribution is 0.181. The Morgan fingerprint density at radius 2 is 2.40 bits per heavy atom. The summed E-state index contributed by atoms with van der Waals surface area (Å²) in [7, 11) is 3.77. The molecule has 1 unspecified atom stereocenters. The minimum absolute atomic E-state index is 0.274. The Hall–Kier alpha value is -2.41. The highest BCUT2D eigenvalue weighted by Crippen LogP contribution is 2.15. The number of halogens is 1. The first-order chi connectivity index (χ1) is 12.2. The lowest BCUT2D eigenvalue weighted by atomic mass is 10.1. The highest BCUT2D eigenvalue weighted by atomic mass is 19.1. The van der Waals surface area contributed by atoms with Gasteiger partial charge in [0.15, 0.2) is 5.96 Å². The molecule has 1 aliphatic heterocycles. The Balaban J connectivity index is 1.59. The number of rotatable bonds is 5. The van der Waals surface area contributed by atoms with E-state index < -0.39 is 0 Å². The van der Waals surface area contributed by atoms with Crippen LogP contribution >= 0.6 is 0 Å². The van der Waals surface area contributed by atoms with Crippen molar-refractivity contribution in [2.75, 3.05) is 33.9 Å². The largest absolute Gasteiger partial charge is 0.381 e. The quantitative estimate of drug-likeness (QED) is 0.666. The van der Waals surface area contributed by atoms with E-state index >= 15 is 0 Å². The number of nitrogens with zero attached hydrogens (tertiary/aromatic N) is 4. The number of aliphatic imine (C=N–C) groups is 1. The van der Waals surface area contributed by atoms with Gasteiger partial charge in [-0.3, -0.25) is 4.99 Å². The summed E-state index contributed by atoms with van der Waals surface area (Å²) in [5.74, 6) is 1.06. The average Bonchev–Trinajstić information content (AvgIpc) is 3.29. The van der Waals surface area contributed by atoms with Crippen LogP contribution in [0.3, 0.4) is 0 Å². The van der Waals surface area contributed by atoms with Crippen LogP contribution in [0, 0.1) is 11.7 Å². The molecule has 2 aromatic rings. The first kappa shape index (κ1) is 17.4. The van der Waals surface area contributed by atoms with E-state index in [4.69, 9.17) is 4.74 Å². The van der Waals surface area contributed by atoms with Crippen molar-refractivity contribution in [1.82, 2.24) is 19.8 Å². The molecule has 1 N–H and O–H groups in total. The number of imidazole rings is 1. The fourth-order valence-electron chi connectivity index (χ4n) is 3.04. The number of aromatic nitrogens is 2. The van der Waals surface area contributed by atoms with Gasteiger partial charge in [-0.15, -0.1) is 0 Å². The van der Waals surface area contributed by atoms with Gasteiger partial charge in [0.2, 0.25) is 0 Å². The average molecular weight is 345 g/mol. The zero-order valence-electron chi connectivity index (χ0n) is 14.7. The molecule has 25 heavy (non-hydrogen) atoms. The second kappa shape index (κ2) is 8.11. The van der Waals surface area contributed by atoms with Crippen LogP contribution in [-0.4, -0.2) is 54.3 Å². The molecule has 1 aromatic heterocycles. The third kappa shape index (κ3) is 4.36. The molecule has 1 atom stereocenters. The van der Waals surface area contributed by atoms with Gasteiger partial charge in [0, 0.05) is 52.1 Å². The standard InChI is InChI=1S/C18H24FN5O/c1-20-18(23(2)11-15-5-8-25-12-15)22-10-14-3-4-17(16(19)9-14)24-7-6-21-13-24/h3-4,6-7,9,13,15H,5,8,10-12H2,1-2H3,(H,20,22). The minimum atomic E-state index is -0.274. The van der Waals surface area contributed by atoms with Crippen LogP contribution in [0.4, 0.5) is 4.39 Å². The number of ether oxygens (including phenoxy) is 1. The molecular weight excluding hydrogens is 321 g/mol. The van der Waals surface area contributed by atoms with Gasteiger partial charge in [-0.25, -0.2) is 9.37 Å². The Morgan fingerprint density at radius 1 is 1.52 bits per heavy atom. The van der Waals surface area contributed by atoms with Crippen LogP contribution < -0.4 is 5.32 Å². The third-order valence-corrected chi connectivity index (χ3v) is 4.37. The van der Waals surface area contributed by atoms with E-state index in [-0.39, 0.29) is 5.82 Å². The van der Waals surface area contributed by atoms with Gasteiger partial charge in [0.1, 0.15) is 5.82 Å². The summed E-state index contributed by atoms with van der Waals surface area (Å²) in [6.07, 6.45) is 6.02. The van der Waals surface area contributed by atoms with Gasteiger partial charge in [0.05, 0.1) is 18.6 Å². The second-order valence-corrected chi connectivity index (χ2v) is 6.27. The number of nitrogens with one attached hydrogen (secondary N) is 1. The molecule has 3 rings (SSSR count). The van der Waals surface area contributed by atoms with Gasteiger partial charge in [-0.2, -0.15) is 0 Å². The van der Waals surface area contributed by atoms with Gasteiger partial charge in [-0.05, 0) is 24.1 Å². The van der Waals surface area contributed by atoms with Crippen molar-refractivity contribution in [3.63, 3.8) is 0 Å². The second-order valence-electron chi connectivity index (χ2n) is 6.27. The molecule has 0 amide bonds. The SMILES string of the molecule is CN=C(NCc1ccc(-n2ccnc2)c(F)c1)N(C)CC1CCOC1. The van der Waals surface area contributed by atoms with Crippen molar-refractivity contribution < 1.29 is 9.13 Å². The number of guanidine groups is 1. The predicted octanol–water partition coefficient (Wildman–Crippen LogP) is 2.06. The smallest absolute Gasteiger partial charge is 0.193 e. The molecule has 1 aliphatic rings. The van der Waals surface area contributed by atoms with Crippen molar-refractivity contribution >= 4 is 5.96 Å². The van der Waals surface area contributed by atoms with Crippen LogP contribution in [0.1, 0.15) is 12.0 Å². The highest BCUT2D eigenvalue weighted by Gasteiger charge is 2.19. The Kier molecular flexibility index (Phi) is 5.65. The predicted molar refractivity (Wildman–Crippen MR) is 95.3 cm³/mol. The monoisotopic (exact) mass is 345 g/mol. The van der Waals surface area contributed by atoms with Crippen LogP contribution in [-0.2, 0) is 11.3 Å². The van der Waals surface area contributed by atoms with Gasteiger partial charge >= 0.3 is 0 Å². The van der Waals surface area contributed by atoms with Crippen molar-refractivity contribution in [3.05, 3.63) is 48.3 Å². The number of hydrogen-bond donors (Lipinski definition) is 1. The summed E-state index contributed by atoms with van der Waals surface area (Å²) in [6, 6.07) is 5.21. The summed E-state index contributed by atoms with van der Waals surface area (Å²) in [5.41, 5.74) is 1.35. The molecule has 1 aromatic carbocycles. The zero-order valence-corrected chi connectivity index (χ0v) is 14.7. The number of benzene rings is 1. The molecule has 0 bridgehead atoms. The summed E-state index contributed by atoms with van der Waals surface area (Å²) < 4.78 is 21.4. The van der Waals surface area contributed by atoms with Crippen molar-refractivity contribution in [2.45, 2.75) is 13.0 Å². The molecule has 0 aliphatic carbocycles. The molecule has 7 heteroatoms. The van der Waals surface area contributed by atoms with Crippen LogP contribution in [0.5, 0.6) is 0 Å². The maximum absolute atomic E-state index is 14.3. The molecule has 2 heterocycles. The maximum atomic E-state index is 14.3. The maximum Gasteiger partial charge on any atom is 0.193 e. The molecule has 0 radical (unpaired) electrons. The summed E-state index contributed by atoms with van der Waals surface area (Å²) in [4.78, 5) is 10.4. The number of hydrogen-bond acceptors (Lipinski definition) is 3. The van der Waals surface area contributed by atoms with E-state index in [1.165, 1.54) is 0 Å². The highest BCUT2D eigenvalue weighted by molar-refractivity contribution is 5.79. The molecule has 0 saturated carbocycles. The van der Waals surface area contributed by atoms with E-state index in [2.05, 4.69) is 20.2 Å². The van der Waals surface area contributed by atoms with Crippen LogP contribution in [0.15, 0.2) is 41.9 Å². The van der Waals surface area contributed by atoms with Crippen molar-refractivity contribution in [1.29, 1.82) is 0 Å². The molecule has 6 nitrogen and oxygen atoms in total. The molecule has 1 saturated heterocycles. The fraction of sp³-hybridized carbons (Fsp3) is 0.444. The van der Waals surface area contributed by atoms with E-state index in [1.807, 2.05) is 13.1 Å². The topological polar surface area (TPSA) is 54.7 Å². The Labute approximate surface area is 147 Å². The van der Waals surface area contributed by atoms with E-state index in [0.717, 1.165) is 37.7 Å². The fourth-order valence-corrected chi connectivity index (χ4v) is 3.04. The lowest BCUT2D eigenvalue weighted by Crippen LogP contribution is -2.41. The van der Waals surface area contributed by atoms with Crippen molar-refractivity contribution in [2.24, 2.45) is 10.9 Å². The van der Waals surface area contributed by atoms with E-state index in [1.54, 1.807) is 42.5 Å². The summed E-state index contributed by atoms with van der Waals surface area (Å²) >= 11 is 0. The normalized spacial score (nSPS) is 17.7. The first-order valence-electron chi connectivity index (χ1n) is 8.43. The minimum Gasteiger partial charge on any atom is -0.381 e. The van der Waals surface area contributed by atoms with E-state index in [0.29, 0.717) is 18.2 Å².